The Morgan fingerprint density at radius 1 is 1.03 bits per heavy atom. The van der Waals surface area contributed by atoms with Gasteiger partial charge in [-0.15, -0.1) is 0 Å². The zero-order valence-electron chi connectivity index (χ0n) is 20.0. The molecule has 2 amide bonds. The van der Waals surface area contributed by atoms with E-state index in [-0.39, 0.29) is 12.3 Å². The largest absolute Gasteiger partial charge is 0.481 e. The highest BCUT2D eigenvalue weighted by Crippen LogP contribution is 2.56. The van der Waals surface area contributed by atoms with E-state index >= 15 is 0 Å². The molecule has 6 N–H and O–H groups in total. The number of anilines is 2. The van der Waals surface area contributed by atoms with Gasteiger partial charge in [0.15, 0.2) is 0 Å². The predicted molar refractivity (Wildman–Crippen MR) is 131 cm³/mol. The molecule has 9 nitrogen and oxygen atoms in total. The number of benzene rings is 2. The van der Waals surface area contributed by atoms with Crippen LogP contribution in [-0.4, -0.2) is 40.0 Å². The van der Waals surface area contributed by atoms with Crippen LogP contribution in [0.4, 0.5) is 11.4 Å². The van der Waals surface area contributed by atoms with E-state index in [1.807, 2.05) is 0 Å². The van der Waals surface area contributed by atoms with Gasteiger partial charge in [0.05, 0.1) is 11.0 Å². The molecule has 1 aliphatic rings. The van der Waals surface area contributed by atoms with Crippen LogP contribution >= 0.6 is 0 Å². The first-order chi connectivity index (χ1) is 16.4. The topological polar surface area (TPSA) is 159 Å². The van der Waals surface area contributed by atoms with Crippen molar-refractivity contribution in [1.29, 1.82) is 0 Å². The molecule has 0 aromatic heterocycles. The number of nitrogens with one attached hydrogen (secondary N) is 2. The minimum Gasteiger partial charge on any atom is -0.481 e. The lowest BCUT2D eigenvalue weighted by Crippen LogP contribution is -2.49. The lowest BCUT2D eigenvalue weighted by atomic mass is 9.65. The maximum absolute atomic E-state index is 13.0. The molecule has 0 saturated heterocycles. The summed E-state index contributed by atoms with van der Waals surface area (Å²) in [6, 6.07) is 12.1. The highest BCUT2D eigenvalue weighted by atomic mass is 16.4. The Hall–Kier alpha value is -3.88. The molecular weight excluding hydrogens is 450 g/mol. The first-order valence-corrected chi connectivity index (χ1v) is 11.4. The minimum atomic E-state index is -1.19. The van der Waals surface area contributed by atoms with Gasteiger partial charge >= 0.3 is 11.9 Å². The number of para-hydroxylation sites is 1. The number of rotatable bonds is 8. The highest BCUT2D eigenvalue weighted by Gasteiger charge is 2.58. The van der Waals surface area contributed by atoms with Crippen LogP contribution < -0.4 is 16.4 Å². The normalized spacial score (nSPS) is 21.6. The van der Waals surface area contributed by atoms with Crippen LogP contribution in [0.25, 0.3) is 0 Å². The lowest BCUT2D eigenvalue weighted by Gasteiger charge is -2.38. The van der Waals surface area contributed by atoms with Crippen LogP contribution in [0.1, 0.15) is 49.5 Å². The molecule has 3 rings (SSSR count). The Kier molecular flexibility index (Phi) is 7.19. The van der Waals surface area contributed by atoms with Crippen molar-refractivity contribution in [2.45, 2.75) is 46.1 Å². The van der Waals surface area contributed by atoms with E-state index in [4.69, 9.17) is 5.73 Å². The van der Waals surface area contributed by atoms with Gasteiger partial charge in [-0.1, -0.05) is 38.1 Å². The second-order valence-electron chi connectivity index (χ2n) is 9.79. The van der Waals surface area contributed by atoms with E-state index in [2.05, 4.69) is 10.6 Å². The molecule has 3 atom stereocenters. The summed E-state index contributed by atoms with van der Waals surface area (Å²) < 4.78 is 0. The van der Waals surface area contributed by atoms with Crippen LogP contribution in [0.5, 0.6) is 0 Å². The van der Waals surface area contributed by atoms with Crippen molar-refractivity contribution >= 4 is 35.1 Å². The number of carboxylic acid groups (broad SMARTS) is 2. The van der Waals surface area contributed by atoms with Gasteiger partial charge in [0.2, 0.25) is 5.91 Å². The molecular formula is C26H31N3O6. The van der Waals surface area contributed by atoms with Gasteiger partial charge in [-0.25, -0.2) is 4.79 Å². The van der Waals surface area contributed by atoms with Gasteiger partial charge in [0, 0.05) is 23.7 Å². The molecule has 35 heavy (non-hydrogen) atoms. The van der Waals surface area contributed by atoms with E-state index in [0.717, 1.165) is 0 Å². The van der Waals surface area contributed by atoms with Gasteiger partial charge in [0.1, 0.15) is 6.04 Å². The fraction of sp³-hybridized carbons (Fsp3) is 0.385. The number of hydrogen-bond donors (Lipinski definition) is 5. The number of nitrogens with two attached hydrogens (primary N) is 1. The molecule has 9 heteroatoms. The summed E-state index contributed by atoms with van der Waals surface area (Å²) in [4.78, 5) is 49.1. The summed E-state index contributed by atoms with van der Waals surface area (Å²) >= 11 is 0. The van der Waals surface area contributed by atoms with Crippen LogP contribution in [0.15, 0.2) is 48.5 Å². The average Bonchev–Trinajstić information content (AvgIpc) is 3.04. The highest BCUT2D eigenvalue weighted by molar-refractivity contribution is 6.07. The van der Waals surface area contributed by atoms with E-state index in [9.17, 15) is 29.4 Å². The lowest BCUT2D eigenvalue weighted by molar-refractivity contribution is -0.155. The fourth-order valence-corrected chi connectivity index (χ4v) is 4.68. The van der Waals surface area contributed by atoms with Gasteiger partial charge in [-0.05, 0) is 55.0 Å². The van der Waals surface area contributed by atoms with Crippen molar-refractivity contribution in [3.63, 3.8) is 0 Å². The van der Waals surface area contributed by atoms with Gasteiger partial charge in [0.25, 0.3) is 5.91 Å². The summed E-state index contributed by atoms with van der Waals surface area (Å²) in [5.74, 6) is -3.59. The Bertz CT molecular complexity index is 1140. The number of nitrogen functional groups attached to an aromatic ring is 1. The molecule has 2 aromatic rings. The first-order valence-electron chi connectivity index (χ1n) is 11.4. The number of amides is 2. The Morgan fingerprint density at radius 3 is 2.20 bits per heavy atom. The number of carbonyl (C=O) groups excluding carboxylic acids is 2. The molecule has 2 aromatic carbocycles. The predicted octanol–water partition coefficient (Wildman–Crippen LogP) is 3.16. The number of hydrogen-bond acceptors (Lipinski definition) is 5. The van der Waals surface area contributed by atoms with Crippen LogP contribution in [0, 0.1) is 16.7 Å². The second-order valence-corrected chi connectivity index (χ2v) is 9.79. The van der Waals surface area contributed by atoms with E-state index in [1.165, 1.54) is 0 Å². The average molecular weight is 482 g/mol. The smallest absolute Gasteiger partial charge is 0.326 e. The van der Waals surface area contributed by atoms with Crippen molar-refractivity contribution in [3.8, 4) is 0 Å². The molecule has 0 aliphatic heterocycles. The van der Waals surface area contributed by atoms with Crippen molar-refractivity contribution in [2.75, 3.05) is 11.1 Å². The third-order valence-electron chi connectivity index (χ3n) is 7.49. The van der Waals surface area contributed by atoms with Crippen LogP contribution in [0.3, 0.4) is 0 Å². The third-order valence-corrected chi connectivity index (χ3v) is 7.49. The number of carboxylic acids is 2. The zero-order valence-corrected chi connectivity index (χ0v) is 20.0. The maximum atomic E-state index is 13.0. The summed E-state index contributed by atoms with van der Waals surface area (Å²) in [6.45, 7) is 5.11. The Labute approximate surface area is 203 Å². The number of aliphatic carboxylic acids is 2. The van der Waals surface area contributed by atoms with Crippen LogP contribution in [-0.2, 0) is 20.8 Å². The van der Waals surface area contributed by atoms with E-state index in [1.54, 1.807) is 69.3 Å². The summed E-state index contributed by atoms with van der Waals surface area (Å²) in [7, 11) is 0. The summed E-state index contributed by atoms with van der Waals surface area (Å²) in [6.07, 6.45) is 0.742. The standard InChI is InChI=1S/C26H31N3O6/c1-25(2)18(12-13-26(25,3)24(34)35)22(31)29-20(23(32)33)14-15-8-10-16(11-9-15)28-21(30)17-6-4-5-7-19(17)27/h4-11,18,20H,12-14,27H2,1-3H3,(H,28,30)(H,29,31)(H,32,33)(H,34,35)/t18?,20-,26?/m0/s1. The molecule has 1 saturated carbocycles. The third kappa shape index (κ3) is 5.13. The molecule has 186 valence electrons. The van der Waals surface area contributed by atoms with Crippen molar-refractivity contribution in [2.24, 2.45) is 16.7 Å². The Balaban J connectivity index is 1.66. The minimum absolute atomic E-state index is 0.0320. The first kappa shape index (κ1) is 25.7. The van der Waals surface area contributed by atoms with Gasteiger partial charge < -0.3 is 26.6 Å². The summed E-state index contributed by atoms with van der Waals surface area (Å²) in [5, 5.41) is 24.7. The van der Waals surface area contributed by atoms with Gasteiger partial charge in [-0.2, -0.15) is 0 Å². The molecule has 2 unspecified atom stereocenters. The zero-order chi connectivity index (χ0) is 26.0. The number of carbonyl (C=O) groups is 4. The molecule has 1 aliphatic carbocycles. The molecule has 0 bridgehead atoms. The second kappa shape index (κ2) is 9.77. The molecule has 1 fully saturated rings. The van der Waals surface area contributed by atoms with E-state index < -0.39 is 40.6 Å². The monoisotopic (exact) mass is 481 g/mol. The maximum Gasteiger partial charge on any atom is 0.326 e. The van der Waals surface area contributed by atoms with Crippen molar-refractivity contribution < 1.29 is 29.4 Å². The Morgan fingerprint density at radius 2 is 1.66 bits per heavy atom. The van der Waals surface area contributed by atoms with Crippen molar-refractivity contribution in [3.05, 3.63) is 59.7 Å². The molecule has 0 spiro atoms. The molecule has 0 radical (unpaired) electrons. The van der Waals surface area contributed by atoms with Gasteiger partial charge in [-0.3, -0.25) is 14.4 Å². The quantitative estimate of drug-likeness (QED) is 0.362. The van der Waals surface area contributed by atoms with Crippen LogP contribution in [0.2, 0.25) is 0 Å². The molecule has 0 heterocycles. The summed E-state index contributed by atoms with van der Waals surface area (Å²) in [5.41, 5.74) is 5.79. The SMILES string of the molecule is CC1(C(=O)O)CCC(C(=O)N[C@@H](Cc2ccc(NC(=O)c3ccccc3N)cc2)C(=O)O)C1(C)C. The van der Waals surface area contributed by atoms with E-state index in [0.29, 0.717) is 35.3 Å². The van der Waals surface area contributed by atoms with Crippen molar-refractivity contribution in [1.82, 2.24) is 5.32 Å². The fourth-order valence-electron chi connectivity index (χ4n) is 4.68.